The molecule has 0 amide bonds. The fourth-order valence-electron chi connectivity index (χ4n) is 1.95. The molecule has 0 fully saturated rings. The Balaban J connectivity index is 2.06. The molecule has 4 nitrogen and oxygen atoms in total. The Morgan fingerprint density at radius 1 is 1.32 bits per heavy atom. The van der Waals surface area contributed by atoms with Crippen molar-refractivity contribution in [2.45, 2.75) is 13.5 Å². The fraction of sp³-hybridized carbons (Fsp3) is 0.154. The van der Waals surface area contributed by atoms with Crippen LogP contribution in [0.5, 0.6) is 0 Å². The smallest absolute Gasteiger partial charge is 0.163 e. The van der Waals surface area contributed by atoms with E-state index in [4.69, 9.17) is 11.6 Å². The van der Waals surface area contributed by atoms with Crippen LogP contribution in [0, 0.1) is 12.7 Å². The largest absolute Gasteiger partial charge is 0.243 e. The highest BCUT2D eigenvalue weighted by atomic mass is 35.5. The van der Waals surface area contributed by atoms with Gasteiger partial charge in [-0.3, -0.25) is 0 Å². The summed E-state index contributed by atoms with van der Waals surface area (Å²) < 4.78 is 14.8. The number of aryl methyl sites for hydroxylation is 1. The van der Waals surface area contributed by atoms with Crippen LogP contribution >= 0.6 is 11.6 Å². The van der Waals surface area contributed by atoms with Crippen LogP contribution in [-0.4, -0.2) is 19.7 Å². The SMILES string of the molecule is Cc1nc(Cl)c2cnn(Cc3cccc(F)c3)c2n1. The molecule has 3 rings (SSSR count). The lowest BCUT2D eigenvalue weighted by Crippen LogP contribution is -2.03. The fourth-order valence-corrected chi connectivity index (χ4v) is 2.20. The summed E-state index contributed by atoms with van der Waals surface area (Å²) in [4.78, 5) is 8.40. The molecule has 0 N–H and O–H groups in total. The highest BCUT2D eigenvalue weighted by Crippen LogP contribution is 2.20. The van der Waals surface area contributed by atoms with Crippen molar-refractivity contribution in [2.75, 3.05) is 0 Å². The van der Waals surface area contributed by atoms with E-state index in [2.05, 4.69) is 15.1 Å². The zero-order chi connectivity index (χ0) is 13.4. The molecule has 0 saturated carbocycles. The van der Waals surface area contributed by atoms with Crippen LogP contribution < -0.4 is 0 Å². The van der Waals surface area contributed by atoms with Crippen LogP contribution in [0.4, 0.5) is 4.39 Å². The number of aromatic nitrogens is 4. The first-order valence-corrected chi connectivity index (χ1v) is 6.11. The first kappa shape index (κ1) is 12.0. The number of fused-ring (bicyclic) bond motifs is 1. The minimum atomic E-state index is -0.266. The van der Waals surface area contributed by atoms with Crippen molar-refractivity contribution in [3.05, 3.63) is 52.8 Å². The van der Waals surface area contributed by atoms with Crippen molar-refractivity contribution in [3.63, 3.8) is 0 Å². The van der Waals surface area contributed by atoms with Gasteiger partial charge < -0.3 is 0 Å². The molecular weight excluding hydrogens is 267 g/mol. The molecule has 1 aromatic carbocycles. The second-order valence-electron chi connectivity index (χ2n) is 4.23. The van der Waals surface area contributed by atoms with Crippen LogP contribution in [0.3, 0.4) is 0 Å². The average molecular weight is 277 g/mol. The number of halogens is 2. The Morgan fingerprint density at radius 3 is 2.95 bits per heavy atom. The standard InChI is InChI=1S/C13H10ClFN4/c1-8-17-12(14)11-6-16-19(13(11)18-8)7-9-3-2-4-10(15)5-9/h2-6H,7H2,1H3. The van der Waals surface area contributed by atoms with Crippen molar-refractivity contribution in [2.24, 2.45) is 0 Å². The third-order valence-electron chi connectivity index (χ3n) is 2.78. The zero-order valence-electron chi connectivity index (χ0n) is 10.1. The predicted molar refractivity (Wildman–Crippen MR) is 70.6 cm³/mol. The normalized spacial score (nSPS) is 11.1. The van der Waals surface area contributed by atoms with Crippen molar-refractivity contribution >= 4 is 22.6 Å². The first-order valence-electron chi connectivity index (χ1n) is 5.73. The van der Waals surface area contributed by atoms with E-state index >= 15 is 0 Å². The van der Waals surface area contributed by atoms with Gasteiger partial charge in [0.05, 0.1) is 18.1 Å². The number of rotatable bonds is 2. The van der Waals surface area contributed by atoms with E-state index in [0.717, 1.165) is 5.56 Å². The molecule has 2 heterocycles. The van der Waals surface area contributed by atoms with Gasteiger partial charge in [-0.2, -0.15) is 5.10 Å². The average Bonchev–Trinajstić information content (AvgIpc) is 2.73. The maximum Gasteiger partial charge on any atom is 0.163 e. The molecule has 6 heteroatoms. The van der Waals surface area contributed by atoms with Gasteiger partial charge in [0.25, 0.3) is 0 Å². The monoisotopic (exact) mass is 276 g/mol. The number of nitrogens with zero attached hydrogens (tertiary/aromatic N) is 4. The van der Waals surface area contributed by atoms with Crippen LogP contribution in [-0.2, 0) is 6.54 Å². The molecular formula is C13H10ClFN4. The zero-order valence-corrected chi connectivity index (χ0v) is 10.9. The summed E-state index contributed by atoms with van der Waals surface area (Å²) in [5.41, 5.74) is 1.47. The van der Waals surface area contributed by atoms with Gasteiger partial charge in [0.15, 0.2) is 5.65 Å². The van der Waals surface area contributed by atoms with Crippen LogP contribution in [0.15, 0.2) is 30.5 Å². The molecule has 0 spiro atoms. The quantitative estimate of drug-likeness (QED) is 0.676. The summed E-state index contributed by atoms with van der Waals surface area (Å²) in [7, 11) is 0. The maximum atomic E-state index is 13.2. The van der Waals surface area contributed by atoms with Gasteiger partial charge in [-0.25, -0.2) is 19.0 Å². The van der Waals surface area contributed by atoms with E-state index in [-0.39, 0.29) is 5.82 Å². The summed E-state index contributed by atoms with van der Waals surface area (Å²) in [5, 5.41) is 5.31. The molecule has 3 aromatic rings. The molecule has 0 aliphatic carbocycles. The van der Waals surface area contributed by atoms with Crippen molar-refractivity contribution in [1.82, 2.24) is 19.7 Å². The number of benzene rings is 1. The molecule has 0 aliphatic heterocycles. The highest BCUT2D eigenvalue weighted by molar-refractivity contribution is 6.33. The number of hydrogen-bond donors (Lipinski definition) is 0. The molecule has 0 bridgehead atoms. The summed E-state index contributed by atoms with van der Waals surface area (Å²) in [6.45, 7) is 2.21. The molecule has 0 atom stereocenters. The lowest BCUT2D eigenvalue weighted by molar-refractivity contribution is 0.620. The minimum Gasteiger partial charge on any atom is -0.243 e. The van der Waals surface area contributed by atoms with E-state index < -0.39 is 0 Å². The Hall–Kier alpha value is -2.01. The van der Waals surface area contributed by atoms with Gasteiger partial charge in [0.1, 0.15) is 16.8 Å². The van der Waals surface area contributed by atoms with Gasteiger partial charge in [0.2, 0.25) is 0 Å². The van der Waals surface area contributed by atoms with Gasteiger partial charge >= 0.3 is 0 Å². The first-order chi connectivity index (χ1) is 9.13. The van der Waals surface area contributed by atoms with Crippen molar-refractivity contribution in [1.29, 1.82) is 0 Å². The van der Waals surface area contributed by atoms with Gasteiger partial charge in [-0.15, -0.1) is 0 Å². The van der Waals surface area contributed by atoms with Crippen LogP contribution in [0.25, 0.3) is 11.0 Å². The van der Waals surface area contributed by atoms with Gasteiger partial charge in [-0.05, 0) is 24.6 Å². The lowest BCUT2D eigenvalue weighted by Gasteiger charge is -2.04. The topological polar surface area (TPSA) is 43.6 Å². The third kappa shape index (κ3) is 2.29. The Morgan fingerprint density at radius 2 is 2.16 bits per heavy atom. The van der Waals surface area contributed by atoms with E-state index in [9.17, 15) is 4.39 Å². The Kier molecular flexibility index (Phi) is 2.91. The van der Waals surface area contributed by atoms with Crippen LogP contribution in [0.1, 0.15) is 11.4 Å². The van der Waals surface area contributed by atoms with E-state index in [0.29, 0.717) is 28.6 Å². The van der Waals surface area contributed by atoms with Crippen molar-refractivity contribution < 1.29 is 4.39 Å². The highest BCUT2D eigenvalue weighted by Gasteiger charge is 2.10. The Bertz CT molecular complexity index is 753. The molecule has 0 unspecified atom stereocenters. The minimum absolute atomic E-state index is 0.266. The van der Waals surface area contributed by atoms with E-state index in [1.165, 1.54) is 12.1 Å². The molecule has 2 aromatic heterocycles. The predicted octanol–water partition coefficient (Wildman–Crippen LogP) is 2.98. The summed E-state index contributed by atoms with van der Waals surface area (Å²) in [6.07, 6.45) is 1.62. The second kappa shape index (κ2) is 4.59. The lowest BCUT2D eigenvalue weighted by atomic mass is 10.2. The Labute approximate surface area is 113 Å². The molecule has 96 valence electrons. The molecule has 0 aliphatic rings. The maximum absolute atomic E-state index is 13.2. The van der Waals surface area contributed by atoms with Crippen molar-refractivity contribution in [3.8, 4) is 0 Å². The summed E-state index contributed by atoms with van der Waals surface area (Å²) in [6, 6.07) is 6.40. The van der Waals surface area contributed by atoms with Gasteiger partial charge in [0, 0.05) is 0 Å². The van der Waals surface area contributed by atoms with E-state index in [1.807, 2.05) is 6.07 Å². The third-order valence-corrected chi connectivity index (χ3v) is 3.07. The molecule has 19 heavy (non-hydrogen) atoms. The van der Waals surface area contributed by atoms with Crippen LogP contribution in [0.2, 0.25) is 5.15 Å². The molecule has 0 saturated heterocycles. The van der Waals surface area contributed by atoms with Gasteiger partial charge in [-0.1, -0.05) is 23.7 Å². The second-order valence-corrected chi connectivity index (χ2v) is 4.59. The summed E-state index contributed by atoms with van der Waals surface area (Å²) >= 11 is 6.04. The number of hydrogen-bond acceptors (Lipinski definition) is 3. The summed E-state index contributed by atoms with van der Waals surface area (Å²) in [5.74, 6) is 0.316. The molecule has 0 radical (unpaired) electrons. The van der Waals surface area contributed by atoms with E-state index in [1.54, 1.807) is 23.9 Å².